The third-order valence-electron chi connectivity index (χ3n) is 6.00. The molecule has 27 heavy (non-hydrogen) atoms. The molecule has 0 unspecified atom stereocenters. The molecule has 0 atom stereocenters. The Kier molecular flexibility index (Phi) is 5.17. The second kappa shape index (κ2) is 7.73. The topological polar surface area (TPSA) is 35.6 Å². The first kappa shape index (κ1) is 18.1. The number of nitrogens with one attached hydrogen (secondary N) is 1. The van der Waals surface area contributed by atoms with Gasteiger partial charge in [0.25, 0.3) is 5.91 Å². The van der Waals surface area contributed by atoms with Gasteiger partial charge in [-0.15, -0.1) is 0 Å². The van der Waals surface area contributed by atoms with E-state index in [1.807, 2.05) is 12.1 Å². The van der Waals surface area contributed by atoms with E-state index in [9.17, 15) is 4.79 Å². The van der Waals surface area contributed by atoms with Crippen molar-refractivity contribution >= 4 is 17.3 Å². The summed E-state index contributed by atoms with van der Waals surface area (Å²) in [6, 6.07) is 12.5. The van der Waals surface area contributed by atoms with Gasteiger partial charge in [-0.25, -0.2) is 0 Å². The minimum atomic E-state index is -0.0166. The summed E-state index contributed by atoms with van der Waals surface area (Å²) in [5.74, 6) is -0.0166. The molecule has 142 valence electrons. The molecule has 4 rings (SSSR count). The van der Waals surface area contributed by atoms with Gasteiger partial charge in [0, 0.05) is 43.1 Å². The van der Waals surface area contributed by atoms with Crippen molar-refractivity contribution in [1.29, 1.82) is 0 Å². The first-order chi connectivity index (χ1) is 13.1. The van der Waals surface area contributed by atoms with Crippen molar-refractivity contribution in [2.45, 2.75) is 33.1 Å². The molecule has 0 bridgehead atoms. The highest BCUT2D eigenvalue weighted by atomic mass is 16.1. The standard InChI is InChI=1S/C23H29N3O/c1-3-25-11-13-26(14-12-25)21-9-10-22(17(2)15-21)24-23(27)20-8-7-18-5-4-6-19(18)16-20/h7-10,15-16H,3-6,11-14H2,1-2H3,(H,24,27). The molecule has 1 aliphatic heterocycles. The summed E-state index contributed by atoms with van der Waals surface area (Å²) >= 11 is 0. The Hall–Kier alpha value is -2.33. The molecule has 2 aromatic carbocycles. The van der Waals surface area contributed by atoms with Crippen molar-refractivity contribution < 1.29 is 4.79 Å². The number of amides is 1. The van der Waals surface area contributed by atoms with Crippen molar-refractivity contribution in [3.63, 3.8) is 0 Å². The molecule has 1 amide bonds. The van der Waals surface area contributed by atoms with E-state index in [-0.39, 0.29) is 5.91 Å². The fourth-order valence-electron chi connectivity index (χ4n) is 4.21. The van der Waals surface area contributed by atoms with Crippen molar-refractivity contribution in [3.05, 3.63) is 58.7 Å². The normalized spacial score (nSPS) is 17.0. The van der Waals surface area contributed by atoms with Gasteiger partial charge in [0.05, 0.1) is 0 Å². The van der Waals surface area contributed by atoms with Crippen LogP contribution in [0.3, 0.4) is 0 Å². The van der Waals surface area contributed by atoms with Crippen molar-refractivity contribution in [2.75, 3.05) is 42.9 Å². The molecule has 1 saturated heterocycles. The molecular formula is C23H29N3O. The quantitative estimate of drug-likeness (QED) is 0.895. The Bertz CT molecular complexity index is 838. The lowest BCUT2D eigenvalue weighted by atomic mass is 10.1. The Labute approximate surface area is 162 Å². The van der Waals surface area contributed by atoms with E-state index in [4.69, 9.17) is 0 Å². The Morgan fingerprint density at radius 2 is 1.78 bits per heavy atom. The first-order valence-corrected chi connectivity index (χ1v) is 10.1. The summed E-state index contributed by atoms with van der Waals surface area (Å²) in [7, 11) is 0. The predicted octanol–water partition coefficient (Wildman–Crippen LogP) is 3.88. The number of likely N-dealkylation sites (N-methyl/N-ethyl adjacent to an activating group) is 1. The van der Waals surface area contributed by atoms with E-state index in [1.165, 1.54) is 23.2 Å². The van der Waals surface area contributed by atoms with E-state index in [2.05, 4.69) is 53.2 Å². The average molecular weight is 364 g/mol. The van der Waals surface area contributed by atoms with Crippen molar-refractivity contribution in [2.24, 2.45) is 0 Å². The van der Waals surface area contributed by atoms with E-state index in [0.29, 0.717) is 0 Å². The maximum absolute atomic E-state index is 12.7. The fourth-order valence-corrected chi connectivity index (χ4v) is 4.21. The van der Waals surface area contributed by atoms with Gasteiger partial charge in [-0.3, -0.25) is 4.79 Å². The SMILES string of the molecule is CCN1CCN(c2ccc(NC(=O)c3ccc4c(c3)CCC4)c(C)c2)CC1. The largest absolute Gasteiger partial charge is 0.369 e. The van der Waals surface area contributed by atoms with Gasteiger partial charge in [-0.1, -0.05) is 13.0 Å². The van der Waals surface area contributed by atoms with Crippen LogP contribution in [-0.2, 0) is 12.8 Å². The zero-order valence-electron chi connectivity index (χ0n) is 16.4. The molecule has 0 radical (unpaired) electrons. The molecule has 1 N–H and O–H groups in total. The Morgan fingerprint density at radius 1 is 1.00 bits per heavy atom. The first-order valence-electron chi connectivity index (χ1n) is 10.1. The van der Waals surface area contributed by atoms with E-state index in [1.54, 1.807) is 0 Å². The van der Waals surface area contributed by atoms with Crippen LogP contribution in [0.5, 0.6) is 0 Å². The summed E-state index contributed by atoms with van der Waals surface area (Å²) in [5.41, 5.74) is 6.75. The smallest absolute Gasteiger partial charge is 0.255 e. The number of benzene rings is 2. The van der Waals surface area contributed by atoms with Crippen molar-refractivity contribution in [3.8, 4) is 0 Å². The second-order valence-electron chi connectivity index (χ2n) is 7.71. The zero-order valence-corrected chi connectivity index (χ0v) is 16.4. The Balaban J connectivity index is 1.44. The van der Waals surface area contributed by atoms with Gasteiger partial charge in [-0.2, -0.15) is 0 Å². The monoisotopic (exact) mass is 363 g/mol. The van der Waals surface area contributed by atoms with E-state index in [0.717, 1.165) is 62.4 Å². The van der Waals surface area contributed by atoms with Gasteiger partial charge in [0.15, 0.2) is 0 Å². The zero-order chi connectivity index (χ0) is 18.8. The lowest BCUT2D eigenvalue weighted by Crippen LogP contribution is -2.46. The summed E-state index contributed by atoms with van der Waals surface area (Å²) in [5, 5.41) is 3.10. The van der Waals surface area contributed by atoms with Crippen LogP contribution in [0.1, 0.15) is 40.4 Å². The molecule has 2 aromatic rings. The average Bonchev–Trinajstić information content (AvgIpc) is 3.17. The van der Waals surface area contributed by atoms with Gasteiger partial charge in [0.1, 0.15) is 0 Å². The maximum Gasteiger partial charge on any atom is 0.255 e. The minimum Gasteiger partial charge on any atom is -0.369 e. The summed E-state index contributed by atoms with van der Waals surface area (Å²) < 4.78 is 0. The molecular weight excluding hydrogens is 334 g/mol. The van der Waals surface area contributed by atoms with Crippen LogP contribution in [-0.4, -0.2) is 43.5 Å². The number of aryl methyl sites for hydroxylation is 3. The number of anilines is 2. The fraction of sp³-hybridized carbons (Fsp3) is 0.435. The van der Waals surface area contributed by atoms with Gasteiger partial charge in [0.2, 0.25) is 0 Å². The molecule has 0 spiro atoms. The molecule has 2 aliphatic rings. The van der Waals surface area contributed by atoms with Gasteiger partial charge >= 0.3 is 0 Å². The van der Waals surface area contributed by atoms with Crippen LogP contribution >= 0.6 is 0 Å². The number of piperazine rings is 1. The van der Waals surface area contributed by atoms with Gasteiger partial charge in [-0.05, 0) is 79.8 Å². The maximum atomic E-state index is 12.7. The number of carbonyl (C=O) groups is 1. The number of nitrogens with zero attached hydrogens (tertiary/aromatic N) is 2. The third-order valence-corrected chi connectivity index (χ3v) is 6.00. The molecule has 1 heterocycles. The highest BCUT2D eigenvalue weighted by Gasteiger charge is 2.17. The number of hydrogen-bond acceptors (Lipinski definition) is 3. The van der Waals surface area contributed by atoms with Crippen LogP contribution < -0.4 is 10.2 Å². The highest BCUT2D eigenvalue weighted by Crippen LogP contribution is 2.26. The van der Waals surface area contributed by atoms with Crippen LogP contribution in [0.25, 0.3) is 0 Å². The molecule has 1 aliphatic carbocycles. The predicted molar refractivity (Wildman–Crippen MR) is 112 cm³/mol. The van der Waals surface area contributed by atoms with E-state index >= 15 is 0 Å². The van der Waals surface area contributed by atoms with Crippen LogP contribution in [0, 0.1) is 6.92 Å². The summed E-state index contributed by atoms with van der Waals surface area (Å²) in [6.07, 6.45) is 3.44. The molecule has 4 heteroatoms. The summed E-state index contributed by atoms with van der Waals surface area (Å²) in [6.45, 7) is 9.78. The lowest BCUT2D eigenvalue weighted by molar-refractivity contribution is 0.102. The van der Waals surface area contributed by atoms with Gasteiger partial charge < -0.3 is 15.1 Å². The Morgan fingerprint density at radius 3 is 2.52 bits per heavy atom. The third kappa shape index (κ3) is 3.86. The number of hydrogen-bond donors (Lipinski definition) is 1. The molecule has 0 aromatic heterocycles. The molecule has 1 fully saturated rings. The van der Waals surface area contributed by atoms with Crippen molar-refractivity contribution in [1.82, 2.24) is 4.90 Å². The molecule has 4 nitrogen and oxygen atoms in total. The van der Waals surface area contributed by atoms with Crippen LogP contribution in [0.4, 0.5) is 11.4 Å². The van der Waals surface area contributed by atoms with Crippen LogP contribution in [0.15, 0.2) is 36.4 Å². The van der Waals surface area contributed by atoms with Crippen LogP contribution in [0.2, 0.25) is 0 Å². The lowest BCUT2D eigenvalue weighted by Gasteiger charge is -2.35. The second-order valence-corrected chi connectivity index (χ2v) is 7.71. The number of rotatable bonds is 4. The minimum absolute atomic E-state index is 0.0166. The summed E-state index contributed by atoms with van der Waals surface area (Å²) in [4.78, 5) is 17.6. The number of carbonyl (C=O) groups excluding carboxylic acids is 1. The number of fused-ring (bicyclic) bond motifs is 1. The highest BCUT2D eigenvalue weighted by molar-refractivity contribution is 6.05. The van der Waals surface area contributed by atoms with E-state index < -0.39 is 0 Å². The molecule has 0 saturated carbocycles.